The number of carbonyl (C=O) groups is 1. The van der Waals surface area contributed by atoms with E-state index in [2.05, 4.69) is 10.5 Å². The largest absolute Gasteiger partial charge is 0.309 e. The molecule has 0 atom stereocenters. The van der Waals surface area contributed by atoms with Crippen molar-refractivity contribution in [3.8, 4) is 0 Å². The van der Waals surface area contributed by atoms with Gasteiger partial charge in [0.25, 0.3) is 0 Å². The molecule has 3 heteroatoms. The highest BCUT2D eigenvalue weighted by atomic mass is 16.1. The number of nitrogens with one attached hydrogen (secondary N) is 1. The number of hydrogen-bond acceptors (Lipinski definition) is 3. The lowest BCUT2D eigenvalue weighted by Gasteiger charge is -1.83. The van der Waals surface area contributed by atoms with Crippen molar-refractivity contribution < 1.29 is 4.79 Å². The van der Waals surface area contributed by atoms with Gasteiger partial charge >= 0.3 is 0 Å². The minimum Gasteiger partial charge on any atom is -0.309 e. The van der Waals surface area contributed by atoms with Crippen molar-refractivity contribution in [2.75, 3.05) is 6.54 Å². The smallest absolute Gasteiger partial charge is 0.175 e. The van der Waals surface area contributed by atoms with E-state index in [1.807, 2.05) is 0 Å². The number of rotatable bonds is 1. The first-order valence-corrected chi connectivity index (χ1v) is 2.61. The average molecular weight is 112 g/mol. The molecule has 0 amide bonds. The molecule has 44 valence electrons. The number of Topliss-reactive ketones (excluding diaryl/α,β-unsaturated/α-hetero) is 1. The van der Waals surface area contributed by atoms with Gasteiger partial charge in [-0.3, -0.25) is 4.79 Å². The van der Waals surface area contributed by atoms with E-state index in [4.69, 9.17) is 0 Å². The number of ketones is 1. The van der Waals surface area contributed by atoms with Crippen LogP contribution in [0.3, 0.4) is 0 Å². The van der Waals surface area contributed by atoms with Crippen LogP contribution in [0.1, 0.15) is 13.3 Å². The summed E-state index contributed by atoms with van der Waals surface area (Å²) in [5.41, 5.74) is 3.39. The van der Waals surface area contributed by atoms with E-state index in [9.17, 15) is 4.79 Å². The zero-order valence-electron chi connectivity index (χ0n) is 4.77. The maximum Gasteiger partial charge on any atom is 0.175 e. The number of carbonyl (C=O) groups excluding carboxylic acids is 1. The minimum absolute atomic E-state index is 0.0787. The molecule has 0 fully saturated rings. The molecule has 0 aromatic rings. The van der Waals surface area contributed by atoms with Gasteiger partial charge in [0, 0.05) is 19.9 Å². The van der Waals surface area contributed by atoms with E-state index < -0.39 is 0 Å². The van der Waals surface area contributed by atoms with Crippen LogP contribution in [0.4, 0.5) is 0 Å². The Balaban J connectivity index is 2.57. The molecule has 1 aliphatic heterocycles. The second-order valence-corrected chi connectivity index (χ2v) is 1.77. The Labute approximate surface area is 47.8 Å². The summed E-state index contributed by atoms with van der Waals surface area (Å²) in [6.45, 7) is 2.35. The lowest BCUT2D eigenvalue weighted by atomic mass is 10.2. The van der Waals surface area contributed by atoms with Crippen molar-refractivity contribution in [2.45, 2.75) is 13.3 Å². The maximum atomic E-state index is 10.5. The standard InChI is InChI=1S/C5H8N2O/c1-4(8)5-2-3-6-7-5/h6H,2-3H2,1H3. The Hall–Kier alpha value is -0.860. The lowest BCUT2D eigenvalue weighted by Crippen LogP contribution is -2.05. The highest BCUT2D eigenvalue weighted by molar-refractivity contribution is 6.39. The molecule has 0 bridgehead atoms. The van der Waals surface area contributed by atoms with Crippen LogP contribution in [0.2, 0.25) is 0 Å². The predicted octanol–water partition coefficient (Wildman–Crippen LogP) is -0.0753. The normalized spacial score (nSPS) is 17.4. The molecular formula is C5H8N2O. The topological polar surface area (TPSA) is 41.5 Å². The first-order valence-electron chi connectivity index (χ1n) is 2.61. The molecule has 1 heterocycles. The minimum atomic E-state index is 0.0787. The summed E-state index contributed by atoms with van der Waals surface area (Å²) in [7, 11) is 0. The first-order chi connectivity index (χ1) is 3.80. The molecule has 0 radical (unpaired) electrons. The maximum absolute atomic E-state index is 10.5. The summed E-state index contributed by atoms with van der Waals surface area (Å²) in [4.78, 5) is 10.5. The lowest BCUT2D eigenvalue weighted by molar-refractivity contribution is -0.111. The van der Waals surface area contributed by atoms with Crippen molar-refractivity contribution in [2.24, 2.45) is 5.10 Å². The number of hydrazone groups is 1. The molecule has 0 spiro atoms. The van der Waals surface area contributed by atoms with Crippen LogP contribution in [0.25, 0.3) is 0 Å². The van der Waals surface area contributed by atoms with E-state index in [1.165, 1.54) is 6.92 Å². The van der Waals surface area contributed by atoms with Gasteiger partial charge in [-0.25, -0.2) is 0 Å². The quantitative estimate of drug-likeness (QED) is 0.515. The van der Waals surface area contributed by atoms with E-state index in [0.29, 0.717) is 5.71 Å². The van der Waals surface area contributed by atoms with Crippen LogP contribution in [-0.4, -0.2) is 18.0 Å². The van der Waals surface area contributed by atoms with Crippen molar-refractivity contribution in [1.82, 2.24) is 5.43 Å². The molecule has 1 N–H and O–H groups in total. The zero-order chi connectivity index (χ0) is 5.98. The molecule has 0 unspecified atom stereocenters. The van der Waals surface area contributed by atoms with Crippen molar-refractivity contribution in [3.63, 3.8) is 0 Å². The summed E-state index contributed by atoms with van der Waals surface area (Å²) in [6.07, 6.45) is 0.787. The Morgan fingerprint density at radius 3 is 2.88 bits per heavy atom. The van der Waals surface area contributed by atoms with Crippen LogP contribution >= 0.6 is 0 Å². The van der Waals surface area contributed by atoms with Crippen LogP contribution in [0.5, 0.6) is 0 Å². The third kappa shape index (κ3) is 0.857. The van der Waals surface area contributed by atoms with E-state index in [0.717, 1.165) is 13.0 Å². The highest BCUT2D eigenvalue weighted by Gasteiger charge is 2.08. The van der Waals surface area contributed by atoms with Crippen LogP contribution in [0.15, 0.2) is 5.10 Å². The number of hydrogen-bond donors (Lipinski definition) is 1. The van der Waals surface area contributed by atoms with Crippen molar-refractivity contribution in [3.05, 3.63) is 0 Å². The zero-order valence-corrected chi connectivity index (χ0v) is 4.77. The predicted molar refractivity (Wildman–Crippen MR) is 30.7 cm³/mol. The summed E-state index contributed by atoms with van der Waals surface area (Å²) >= 11 is 0. The second-order valence-electron chi connectivity index (χ2n) is 1.77. The molecule has 0 aromatic carbocycles. The summed E-state index contributed by atoms with van der Waals surface area (Å²) in [5.74, 6) is 0.0787. The Morgan fingerprint density at radius 2 is 2.62 bits per heavy atom. The van der Waals surface area contributed by atoms with Gasteiger partial charge in [0.15, 0.2) is 5.78 Å². The van der Waals surface area contributed by atoms with Gasteiger partial charge < -0.3 is 5.43 Å². The second kappa shape index (κ2) is 1.94. The van der Waals surface area contributed by atoms with Crippen LogP contribution in [0, 0.1) is 0 Å². The van der Waals surface area contributed by atoms with Crippen molar-refractivity contribution in [1.29, 1.82) is 0 Å². The molecule has 3 nitrogen and oxygen atoms in total. The molecular weight excluding hydrogens is 104 g/mol. The third-order valence-corrected chi connectivity index (χ3v) is 1.09. The van der Waals surface area contributed by atoms with Crippen LogP contribution < -0.4 is 5.43 Å². The SMILES string of the molecule is CC(=O)C1=NNCC1. The molecule has 0 aromatic heterocycles. The van der Waals surface area contributed by atoms with Gasteiger partial charge in [0.2, 0.25) is 0 Å². The van der Waals surface area contributed by atoms with E-state index >= 15 is 0 Å². The molecule has 1 aliphatic rings. The van der Waals surface area contributed by atoms with E-state index in [1.54, 1.807) is 0 Å². The van der Waals surface area contributed by atoms with Gasteiger partial charge in [0.1, 0.15) is 5.71 Å². The average Bonchev–Trinajstić information content (AvgIpc) is 2.12. The number of nitrogens with zero attached hydrogens (tertiary/aromatic N) is 1. The summed E-state index contributed by atoms with van der Waals surface area (Å²) in [6, 6.07) is 0. The Kier molecular flexibility index (Phi) is 1.28. The fourth-order valence-electron chi connectivity index (χ4n) is 0.636. The van der Waals surface area contributed by atoms with Gasteiger partial charge in [0.05, 0.1) is 0 Å². The summed E-state index contributed by atoms with van der Waals surface area (Å²) < 4.78 is 0. The highest BCUT2D eigenvalue weighted by Crippen LogP contribution is 1.92. The molecule has 8 heavy (non-hydrogen) atoms. The van der Waals surface area contributed by atoms with Crippen LogP contribution in [-0.2, 0) is 4.79 Å². The Bertz CT molecular complexity index is 139. The van der Waals surface area contributed by atoms with Gasteiger partial charge in [-0.2, -0.15) is 5.10 Å². The van der Waals surface area contributed by atoms with Crippen molar-refractivity contribution >= 4 is 11.5 Å². The first kappa shape index (κ1) is 5.28. The molecule has 1 rings (SSSR count). The fraction of sp³-hybridized carbons (Fsp3) is 0.600. The molecule has 0 saturated carbocycles. The molecule has 0 aliphatic carbocycles. The summed E-state index contributed by atoms with van der Waals surface area (Å²) in [5, 5.41) is 3.75. The third-order valence-electron chi connectivity index (χ3n) is 1.09. The van der Waals surface area contributed by atoms with Gasteiger partial charge in [-0.1, -0.05) is 0 Å². The fourth-order valence-corrected chi connectivity index (χ4v) is 0.636. The Morgan fingerprint density at radius 1 is 1.88 bits per heavy atom. The van der Waals surface area contributed by atoms with Gasteiger partial charge in [-0.15, -0.1) is 0 Å². The van der Waals surface area contributed by atoms with Gasteiger partial charge in [-0.05, 0) is 0 Å². The molecule has 0 saturated heterocycles. The van der Waals surface area contributed by atoms with E-state index in [-0.39, 0.29) is 5.78 Å². The monoisotopic (exact) mass is 112 g/mol.